The second-order valence-electron chi connectivity index (χ2n) is 13.2. The van der Waals surface area contributed by atoms with E-state index < -0.39 is 11.2 Å². The molecule has 3 heterocycles. The van der Waals surface area contributed by atoms with Crippen molar-refractivity contribution in [3.05, 3.63) is 83.4 Å². The van der Waals surface area contributed by atoms with Crippen LogP contribution in [-0.4, -0.2) is 59.2 Å². The topological polar surface area (TPSA) is 74.4 Å². The Hall–Kier alpha value is -3.77. The highest BCUT2D eigenvalue weighted by molar-refractivity contribution is 5.69. The van der Waals surface area contributed by atoms with Crippen molar-refractivity contribution in [1.29, 1.82) is 5.26 Å². The van der Waals surface area contributed by atoms with Crippen molar-refractivity contribution in [2.45, 2.75) is 70.4 Å². The number of anilines is 1. The summed E-state index contributed by atoms with van der Waals surface area (Å²) in [6.07, 6.45) is 8.65. The maximum Gasteiger partial charge on any atom is 0.305 e. The molecule has 3 fully saturated rings. The molecule has 0 spiro atoms. The number of likely N-dealkylation sites (tertiary alicyclic amines) is 1. The fraction of sp³-hybridized carbons (Fsp3) is 0.528. The Balaban J connectivity index is 1.22. The number of rotatable bonds is 10. The van der Waals surface area contributed by atoms with E-state index in [1.54, 1.807) is 12.1 Å². The summed E-state index contributed by atoms with van der Waals surface area (Å²) < 4.78 is 37.5. The molecule has 0 bridgehead atoms. The fourth-order valence-corrected chi connectivity index (χ4v) is 8.31. The van der Waals surface area contributed by atoms with Gasteiger partial charge in [-0.2, -0.15) is 5.26 Å². The van der Waals surface area contributed by atoms with Crippen molar-refractivity contribution in [2.24, 2.45) is 17.8 Å². The molecule has 238 valence electrons. The molecule has 3 aliphatic rings. The third-order valence-corrected chi connectivity index (χ3v) is 10.6. The highest BCUT2D eigenvalue weighted by atomic mass is 19.1. The molecule has 0 N–H and O–H groups in total. The number of aryl methyl sites for hydroxylation is 1. The number of carbonyl (C=O) groups excluding carboxylic acids is 1. The second kappa shape index (κ2) is 13.3. The van der Waals surface area contributed by atoms with E-state index in [9.17, 15) is 13.6 Å². The number of hydrogen-bond donors (Lipinski definition) is 0. The normalized spacial score (nSPS) is 22.5. The van der Waals surface area contributed by atoms with Gasteiger partial charge in [0.2, 0.25) is 0 Å². The quantitative estimate of drug-likeness (QED) is 0.251. The highest BCUT2D eigenvalue weighted by Gasteiger charge is 2.53. The Kier molecular flexibility index (Phi) is 9.23. The summed E-state index contributed by atoms with van der Waals surface area (Å²) in [5.41, 5.74) is 1.46. The molecule has 2 aromatic carbocycles. The number of nitriles is 1. The van der Waals surface area contributed by atoms with Gasteiger partial charge in [-0.05, 0) is 93.9 Å². The summed E-state index contributed by atoms with van der Waals surface area (Å²) in [7, 11) is 0. The van der Waals surface area contributed by atoms with Gasteiger partial charge in [0.15, 0.2) is 0 Å². The zero-order valence-corrected chi connectivity index (χ0v) is 26.3. The molecule has 3 aromatic rings. The van der Waals surface area contributed by atoms with Gasteiger partial charge >= 0.3 is 5.97 Å². The van der Waals surface area contributed by atoms with Crippen LogP contribution in [0.5, 0.6) is 0 Å². The lowest BCUT2D eigenvalue weighted by atomic mass is 9.58. The van der Waals surface area contributed by atoms with Crippen molar-refractivity contribution < 1.29 is 18.3 Å². The highest BCUT2D eigenvalue weighted by Crippen LogP contribution is 2.52. The molecular formula is C36H43F2N5O2. The average molecular weight is 616 g/mol. The predicted octanol–water partition coefficient (Wildman–Crippen LogP) is 6.25. The number of ether oxygens (including phenoxy) is 1. The maximum absolute atomic E-state index is 15.0. The van der Waals surface area contributed by atoms with Crippen LogP contribution in [0, 0.1) is 47.6 Å². The minimum Gasteiger partial charge on any atom is -0.462 e. The first-order chi connectivity index (χ1) is 21.8. The molecule has 2 saturated heterocycles. The van der Waals surface area contributed by atoms with Crippen molar-refractivity contribution >= 4 is 11.7 Å². The van der Waals surface area contributed by atoms with Gasteiger partial charge in [-0.3, -0.25) is 4.79 Å². The van der Waals surface area contributed by atoms with Gasteiger partial charge in [-0.1, -0.05) is 19.1 Å². The van der Waals surface area contributed by atoms with Gasteiger partial charge in [-0.15, -0.1) is 0 Å². The number of carbonyl (C=O) groups is 1. The number of halogens is 2. The number of imidazole rings is 1. The smallest absolute Gasteiger partial charge is 0.305 e. The Morgan fingerprint density at radius 1 is 1.11 bits per heavy atom. The van der Waals surface area contributed by atoms with Crippen LogP contribution in [0.25, 0.3) is 0 Å². The van der Waals surface area contributed by atoms with Crippen LogP contribution >= 0.6 is 0 Å². The predicted molar refractivity (Wildman–Crippen MR) is 169 cm³/mol. The van der Waals surface area contributed by atoms with Crippen LogP contribution in [0.2, 0.25) is 0 Å². The number of esters is 1. The van der Waals surface area contributed by atoms with Crippen LogP contribution in [0.1, 0.15) is 62.4 Å². The second-order valence-corrected chi connectivity index (χ2v) is 13.2. The van der Waals surface area contributed by atoms with Crippen LogP contribution < -0.4 is 4.90 Å². The number of benzene rings is 2. The average Bonchev–Trinajstić information content (AvgIpc) is 3.66. The van der Waals surface area contributed by atoms with Crippen LogP contribution in [0.4, 0.5) is 14.5 Å². The van der Waals surface area contributed by atoms with Crippen molar-refractivity contribution in [3.63, 3.8) is 0 Å². The lowest BCUT2D eigenvalue weighted by molar-refractivity contribution is -0.152. The SMILES string of the molecule is CCC(=O)O[C@H]1CCC[C@@H]1[C@](Cn1ccnc1C)(c1cccc(F)c1)C1CCN(CC2CN(c3ccc(C#N)c(F)c3)C2)CC1. The number of aromatic nitrogens is 2. The summed E-state index contributed by atoms with van der Waals surface area (Å²) in [4.78, 5) is 21.8. The summed E-state index contributed by atoms with van der Waals surface area (Å²) in [6, 6.07) is 13.8. The van der Waals surface area contributed by atoms with E-state index >= 15 is 0 Å². The first-order valence-electron chi connectivity index (χ1n) is 16.4. The van der Waals surface area contributed by atoms with Gasteiger partial charge in [0.25, 0.3) is 0 Å². The van der Waals surface area contributed by atoms with Crippen LogP contribution in [0.15, 0.2) is 54.9 Å². The van der Waals surface area contributed by atoms with E-state index in [-0.39, 0.29) is 35.3 Å². The Morgan fingerprint density at radius 3 is 2.58 bits per heavy atom. The molecule has 7 nitrogen and oxygen atoms in total. The molecule has 9 heteroatoms. The van der Waals surface area contributed by atoms with E-state index in [1.807, 2.05) is 44.4 Å². The molecule has 6 rings (SSSR count). The summed E-state index contributed by atoms with van der Waals surface area (Å²) in [6.45, 7) is 9.11. The number of nitrogens with zero attached hydrogens (tertiary/aromatic N) is 5. The largest absolute Gasteiger partial charge is 0.462 e. The van der Waals surface area contributed by atoms with Gasteiger partial charge in [0, 0.05) is 67.9 Å². The zero-order chi connectivity index (χ0) is 31.6. The molecule has 3 atom stereocenters. The Labute approximate surface area is 264 Å². The zero-order valence-electron chi connectivity index (χ0n) is 26.3. The fourth-order valence-electron chi connectivity index (χ4n) is 8.31. The molecular weight excluding hydrogens is 572 g/mol. The van der Waals surface area contributed by atoms with Gasteiger partial charge in [0.1, 0.15) is 29.6 Å². The van der Waals surface area contributed by atoms with E-state index in [4.69, 9.17) is 10.00 Å². The molecule has 0 radical (unpaired) electrons. The van der Waals surface area contributed by atoms with Crippen LogP contribution in [0.3, 0.4) is 0 Å². The molecule has 0 amide bonds. The Bertz CT molecular complexity index is 1540. The molecule has 1 aliphatic carbocycles. The minimum absolute atomic E-state index is 0.0705. The van der Waals surface area contributed by atoms with E-state index in [1.165, 1.54) is 12.1 Å². The standard InChI is InChI=1S/C36H43F2N5O2/c1-3-35(44)45-34-9-5-8-32(34)36(24-42-17-14-40-25(42)2,29-6-4-7-30(37)18-29)28-12-15-41(16-13-28)21-26-22-43(23-26)31-11-10-27(20-39)33(38)19-31/h4,6-7,10-11,14,17-19,26,28,32,34H,3,5,8-9,12-13,15-16,21-24H2,1-2H3/t32-,34-,36-/m0/s1. The van der Waals surface area contributed by atoms with Crippen LogP contribution in [-0.2, 0) is 21.5 Å². The number of piperidine rings is 1. The summed E-state index contributed by atoms with van der Waals surface area (Å²) in [5.74, 6) is 0.867. The lowest BCUT2D eigenvalue weighted by Gasteiger charge is -2.51. The van der Waals surface area contributed by atoms with E-state index in [0.717, 1.165) is 81.9 Å². The number of hydrogen-bond acceptors (Lipinski definition) is 6. The maximum atomic E-state index is 15.0. The monoisotopic (exact) mass is 615 g/mol. The first-order valence-corrected chi connectivity index (χ1v) is 16.4. The molecule has 1 saturated carbocycles. The van der Waals surface area contributed by atoms with E-state index in [0.29, 0.717) is 18.9 Å². The first kappa shape index (κ1) is 31.2. The molecule has 0 unspecified atom stereocenters. The van der Waals surface area contributed by atoms with Gasteiger partial charge in [0.05, 0.1) is 5.56 Å². The van der Waals surface area contributed by atoms with Crippen molar-refractivity contribution in [3.8, 4) is 6.07 Å². The molecule has 45 heavy (non-hydrogen) atoms. The van der Waals surface area contributed by atoms with Crippen molar-refractivity contribution in [1.82, 2.24) is 14.5 Å². The third-order valence-electron chi connectivity index (χ3n) is 10.6. The third kappa shape index (κ3) is 6.35. The van der Waals surface area contributed by atoms with Gasteiger partial charge in [-0.25, -0.2) is 13.8 Å². The van der Waals surface area contributed by atoms with Crippen molar-refractivity contribution in [2.75, 3.05) is 37.6 Å². The molecule has 2 aliphatic heterocycles. The van der Waals surface area contributed by atoms with Gasteiger partial charge < -0.3 is 19.1 Å². The Morgan fingerprint density at radius 2 is 1.91 bits per heavy atom. The lowest BCUT2D eigenvalue weighted by Crippen LogP contribution is -2.55. The summed E-state index contributed by atoms with van der Waals surface area (Å²) in [5, 5.41) is 9.04. The summed E-state index contributed by atoms with van der Waals surface area (Å²) >= 11 is 0. The van der Waals surface area contributed by atoms with E-state index in [2.05, 4.69) is 25.4 Å². The molecule has 1 aromatic heterocycles. The minimum atomic E-state index is -0.470.